The molecule has 4 heteroatoms. The molecule has 0 radical (unpaired) electrons. The van der Waals surface area contributed by atoms with Gasteiger partial charge in [0.05, 0.1) is 12.0 Å². The molecule has 68 valence electrons. The molecule has 0 fully saturated rings. The van der Waals surface area contributed by atoms with Crippen molar-refractivity contribution in [2.45, 2.75) is 20.8 Å². The lowest BCUT2D eigenvalue weighted by Gasteiger charge is -1.95. The zero-order valence-corrected chi connectivity index (χ0v) is 8.23. The maximum absolute atomic E-state index is 10.9. The van der Waals surface area contributed by atoms with Gasteiger partial charge in [0.1, 0.15) is 0 Å². The van der Waals surface area contributed by atoms with E-state index in [0.717, 1.165) is 5.41 Å². The van der Waals surface area contributed by atoms with E-state index in [4.69, 9.17) is 0 Å². The predicted molar refractivity (Wildman–Crippen MR) is 47.8 cm³/mol. The summed E-state index contributed by atoms with van der Waals surface area (Å²) >= 11 is 0. The van der Waals surface area contributed by atoms with Gasteiger partial charge in [0, 0.05) is 5.57 Å². The van der Waals surface area contributed by atoms with Crippen molar-refractivity contribution < 1.29 is 12.6 Å². The third-order valence-electron chi connectivity index (χ3n) is 0.925. The summed E-state index contributed by atoms with van der Waals surface area (Å²) in [5.41, 5.74) is 0.478. The monoisotopic (exact) mass is 188 g/mol. The van der Waals surface area contributed by atoms with E-state index in [2.05, 4.69) is 16.0 Å². The van der Waals surface area contributed by atoms with E-state index in [1.165, 1.54) is 0 Å². The summed E-state index contributed by atoms with van der Waals surface area (Å²) in [5.74, 6) is 5.21. The molecule has 0 aromatic rings. The molecule has 0 aliphatic heterocycles. The van der Waals surface area contributed by atoms with Crippen molar-refractivity contribution in [2.24, 2.45) is 0 Å². The van der Waals surface area contributed by atoms with Gasteiger partial charge in [-0.1, -0.05) is 5.92 Å². The summed E-state index contributed by atoms with van der Waals surface area (Å²) in [4.78, 5) is 0. The molecule has 0 rings (SSSR count). The molecule has 0 heterocycles. The fourth-order valence-electron chi connectivity index (χ4n) is 0.641. The topological polar surface area (TPSA) is 43.4 Å². The Morgan fingerprint density at radius 2 is 2.17 bits per heavy atom. The zero-order valence-electron chi connectivity index (χ0n) is 7.42. The van der Waals surface area contributed by atoms with Gasteiger partial charge < -0.3 is 0 Å². The highest BCUT2D eigenvalue weighted by atomic mass is 32.2. The van der Waals surface area contributed by atoms with E-state index < -0.39 is 10.1 Å². The van der Waals surface area contributed by atoms with Crippen LogP contribution in [0, 0.1) is 11.8 Å². The first-order valence-electron chi connectivity index (χ1n) is 3.52. The highest BCUT2D eigenvalue weighted by Gasteiger charge is 2.04. The van der Waals surface area contributed by atoms with Crippen LogP contribution in [-0.4, -0.2) is 15.0 Å². The zero-order chi connectivity index (χ0) is 9.61. The van der Waals surface area contributed by atoms with Gasteiger partial charge >= 0.3 is 0 Å². The summed E-state index contributed by atoms with van der Waals surface area (Å²) in [6, 6.07) is 0. The van der Waals surface area contributed by atoms with Gasteiger partial charge in [0.15, 0.2) is 0 Å². The second-order valence-corrected chi connectivity index (χ2v) is 3.53. The van der Waals surface area contributed by atoms with Crippen molar-refractivity contribution in [1.82, 2.24) is 0 Å². The molecule has 0 amide bonds. The Labute approximate surface area is 73.6 Å². The van der Waals surface area contributed by atoms with Crippen LogP contribution < -0.4 is 0 Å². The predicted octanol–water partition coefficient (Wildman–Crippen LogP) is 1.28. The van der Waals surface area contributed by atoms with Gasteiger partial charge in [0.2, 0.25) is 0 Å². The van der Waals surface area contributed by atoms with Crippen molar-refractivity contribution >= 4 is 10.1 Å². The SMILES string of the molecule is CC#C/C(C)=C/S(=O)(=O)OCC. The molecule has 0 saturated carbocycles. The van der Waals surface area contributed by atoms with Crippen LogP contribution in [0.1, 0.15) is 20.8 Å². The van der Waals surface area contributed by atoms with E-state index in [0.29, 0.717) is 5.57 Å². The third kappa shape index (κ3) is 4.94. The first kappa shape index (κ1) is 11.2. The number of rotatable bonds is 3. The van der Waals surface area contributed by atoms with Gasteiger partial charge in [0.25, 0.3) is 10.1 Å². The number of allylic oxidation sites excluding steroid dienone is 1. The standard InChI is InChI=1S/C8H12O3S/c1-4-6-8(3)7-12(9,10)11-5-2/h7H,5H2,1-3H3/b8-7+. The molecule has 0 bridgehead atoms. The van der Waals surface area contributed by atoms with E-state index in [1.807, 2.05) is 0 Å². The molecule has 0 aromatic carbocycles. The van der Waals surface area contributed by atoms with Crippen LogP contribution in [0.4, 0.5) is 0 Å². The maximum Gasteiger partial charge on any atom is 0.290 e. The van der Waals surface area contributed by atoms with Gasteiger partial charge in [-0.25, -0.2) is 0 Å². The summed E-state index contributed by atoms with van der Waals surface area (Å²) in [7, 11) is -3.52. The lowest BCUT2D eigenvalue weighted by atomic mass is 10.4. The average molecular weight is 188 g/mol. The van der Waals surface area contributed by atoms with Crippen LogP contribution in [0.3, 0.4) is 0 Å². The van der Waals surface area contributed by atoms with Gasteiger partial charge in [-0.2, -0.15) is 8.42 Å². The van der Waals surface area contributed by atoms with Gasteiger partial charge in [-0.05, 0) is 20.8 Å². The fraction of sp³-hybridized carbons (Fsp3) is 0.500. The number of hydrogen-bond acceptors (Lipinski definition) is 3. The van der Waals surface area contributed by atoms with E-state index in [1.54, 1.807) is 20.8 Å². The van der Waals surface area contributed by atoms with Crippen molar-refractivity contribution in [3.63, 3.8) is 0 Å². The minimum absolute atomic E-state index is 0.145. The van der Waals surface area contributed by atoms with Gasteiger partial charge in [-0.3, -0.25) is 4.18 Å². The average Bonchev–Trinajstić information content (AvgIpc) is 1.85. The van der Waals surface area contributed by atoms with Gasteiger partial charge in [-0.15, -0.1) is 5.92 Å². The first-order valence-corrected chi connectivity index (χ1v) is 4.99. The van der Waals surface area contributed by atoms with Crippen molar-refractivity contribution in [3.8, 4) is 11.8 Å². The van der Waals surface area contributed by atoms with Crippen molar-refractivity contribution in [1.29, 1.82) is 0 Å². The lowest BCUT2D eigenvalue weighted by Crippen LogP contribution is -2.01. The molecular weight excluding hydrogens is 176 g/mol. The highest BCUT2D eigenvalue weighted by Crippen LogP contribution is 2.00. The lowest BCUT2D eigenvalue weighted by molar-refractivity contribution is 0.344. The minimum atomic E-state index is -3.52. The molecule has 0 atom stereocenters. The second kappa shape index (κ2) is 4.96. The Kier molecular flexibility index (Phi) is 4.64. The van der Waals surface area contributed by atoms with Crippen LogP contribution >= 0.6 is 0 Å². The van der Waals surface area contributed by atoms with Crippen LogP contribution in [0.25, 0.3) is 0 Å². The summed E-state index contributed by atoms with van der Waals surface area (Å²) in [5, 5.41) is 1.02. The van der Waals surface area contributed by atoms with Crippen LogP contribution in [0.15, 0.2) is 11.0 Å². The Bertz CT molecular complexity index is 314. The van der Waals surface area contributed by atoms with Crippen molar-refractivity contribution in [3.05, 3.63) is 11.0 Å². The number of hydrogen-bond donors (Lipinski definition) is 0. The Morgan fingerprint density at radius 3 is 2.58 bits per heavy atom. The Hall–Kier alpha value is -0.790. The molecule has 0 aliphatic rings. The normalized spacial score (nSPS) is 12.1. The van der Waals surface area contributed by atoms with E-state index in [-0.39, 0.29) is 6.61 Å². The summed E-state index contributed by atoms with van der Waals surface area (Å²) in [6.07, 6.45) is 0. The molecule has 0 N–H and O–H groups in total. The van der Waals surface area contributed by atoms with Crippen molar-refractivity contribution in [2.75, 3.05) is 6.61 Å². The molecule has 3 nitrogen and oxygen atoms in total. The largest absolute Gasteiger partial charge is 0.290 e. The summed E-state index contributed by atoms with van der Waals surface area (Å²) in [6.45, 7) is 5.02. The Morgan fingerprint density at radius 1 is 1.58 bits per heavy atom. The molecule has 0 aromatic heterocycles. The highest BCUT2D eigenvalue weighted by molar-refractivity contribution is 7.89. The first-order chi connectivity index (χ1) is 5.52. The minimum Gasteiger partial charge on any atom is -0.267 e. The van der Waals surface area contributed by atoms with E-state index >= 15 is 0 Å². The molecule has 0 saturated heterocycles. The van der Waals surface area contributed by atoms with Crippen LogP contribution in [-0.2, 0) is 14.3 Å². The molecular formula is C8H12O3S. The quantitative estimate of drug-likeness (QED) is 0.495. The third-order valence-corrected chi connectivity index (χ3v) is 2.13. The molecule has 0 spiro atoms. The van der Waals surface area contributed by atoms with Crippen LogP contribution in [0.2, 0.25) is 0 Å². The molecule has 12 heavy (non-hydrogen) atoms. The second-order valence-electron chi connectivity index (χ2n) is 2.08. The molecule has 0 unspecified atom stereocenters. The summed E-state index contributed by atoms with van der Waals surface area (Å²) < 4.78 is 26.4. The molecule has 0 aliphatic carbocycles. The van der Waals surface area contributed by atoms with Crippen LogP contribution in [0.5, 0.6) is 0 Å². The maximum atomic E-state index is 10.9. The Balaban J connectivity index is 4.59. The fourth-order valence-corrected chi connectivity index (χ4v) is 1.53. The smallest absolute Gasteiger partial charge is 0.267 e. The van der Waals surface area contributed by atoms with E-state index in [9.17, 15) is 8.42 Å².